The van der Waals surface area contributed by atoms with E-state index in [1.54, 1.807) is 6.07 Å². The summed E-state index contributed by atoms with van der Waals surface area (Å²) in [7, 11) is 0. The molecule has 128 valence electrons. The minimum atomic E-state index is -0.197. The van der Waals surface area contributed by atoms with Crippen LogP contribution in [0.5, 0.6) is 5.75 Å². The third-order valence-electron chi connectivity index (χ3n) is 3.68. The Kier molecular flexibility index (Phi) is 6.94. The highest BCUT2D eigenvalue weighted by Crippen LogP contribution is 2.23. The molecule has 0 spiro atoms. The van der Waals surface area contributed by atoms with Crippen molar-refractivity contribution in [2.24, 2.45) is 0 Å². The van der Waals surface area contributed by atoms with Crippen LogP contribution in [0.3, 0.4) is 0 Å². The molecule has 0 aromatic heterocycles. The van der Waals surface area contributed by atoms with Crippen molar-refractivity contribution in [3.8, 4) is 5.75 Å². The van der Waals surface area contributed by atoms with Crippen LogP contribution in [0.15, 0.2) is 42.5 Å². The Hall–Kier alpha value is -2.20. The molecule has 0 bridgehead atoms. The average molecular weight is 347 g/mol. The largest absolute Gasteiger partial charge is 0.492 e. The van der Waals surface area contributed by atoms with Gasteiger partial charge in [0, 0.05) is 12.2 Å². The Labute approximate surface area is 148 Å². The first-order valence-electron chi connectivity index (χ1n) is 8.12. The van der Waals surface area contributed by atoms with E-state index in [-0.39, 0.29) is 6.03 Å². The van der Waals surface area contributed by atoms with E-state index in [1.165, 1.54) is 0 Å². The van der Waals surface area contributed by atoms with E-state index < -0.39 is 0 Å². The molecule has 0 aliphatic heterocycles. The number of ether oxygens (including phenoxy) is 1. The zero-order valence-corrected chi connectivity index (χ0v) is 14.8. The van der Waals surface area contributed by atoms with E-state index in [0.29, 0.717) is 30.3 Å². The number of aryl methyl sites for hydroxylation is 2. The second-order valence-corrected chi connectivity index (χ2v) is 5.88. The van der Waals surface area contributed by atoms with Crippen LogP contribution in [-0.4, -0.2) is 19.2 Å². The summed E-state index contributed by atoms with van der Waals surface area (Å²) in [5.41, 5.74) is 3.09. The Morgan fingerprint density at radius 2 is 1.96 bits per heavy atom. The summed E-state index contributed by atoms with van der Waals surface area (Å²) in [4.78, 5) is 12.0. The molecule has 2 amide bonds. The second kappa shape index (κ2) is 9.18. The second-order valence-electron chi connectivity index (χ2n) is 5.48. The SMILES string of the molecule is CCc1cccc(C)c1NC(=O)NCCCOc1ccccc1Cl. The van der Waals surface area contributed by atoms with E-state index >= 15 is 0 Å². The third-order valence-corrected chi connectivity index (χ3v) is 3.99. The number of nitrogens with one attached hydrogen (secondary N) is 2. The number of benzene rings is 2. The number of hydrogen-bond donors (Lipinski definition) is 2. The van der Waals surface area contributed by atoms with Crippen LogP contribution in [-0.2, 0) is 6.42 Å². The highest BCUT2D eigenvalue weighted by Gasteiger charge is 2.08. The van der Waals surface area contributed by atoms with Crippen molar-refractivity contribution >= 4 is 23.3 Å². The van der Waals surface area contributed by atoms with Crippen molar-refractivity contribution in [2.45, 2.75) is 26.7 Å². The molecular weight excluding hydrogens is 324 g/mol. The van der Waals surface area contributed by atoms with Crippen LogP contribution in [0.2, 0.25) is 5.02 Å². The lowest BCUT2D eigenvalue weighted by molar-refractivity contribution is 0.250. The molecule has 4 nitrogen and oxygen atoms in total. The van der Waals surface area contributed by atoms with E-state index in [2.05, 4.69) is 17.6 Å². The maximum atomic E-state index is 12.0. The summed E-state index contributed by atoms with van der Waals surface area (Å²) in [6.07, 6.45) is 1.58. The number of carbonyl (C=O) groups is 1. The quantitative estimate of drug-likeness (QED) is 0.707. The molecule has 2 aromatic carbocycles. The minimum Gasteiger partial charge on any atom is -0.492 e. The topological polar surface area (TPSA) is 50.4 Å². The normalized spacial score (nSPS) is 10.3. The smallest absolute Gasteiger partial charge is 0.319 e. The maximum Gasteiger partial charge on any atom is 0.319 e. The van der Waals surface area contributed by atoms with Crippen LogP contribution < -0.4 is 15.4 Å². The fraction of sp³-hybridized carbons (Fsp3) is 0.316. The molecular formula is C19H23ClN2O2. The van der Waals surface area contributed by atoms with Gasteiger partial charge in [0.25, 0.3) is 0 Å². The molecule has 2 aromatic rings. The Balaban J connectivity index is 1.73. The van der Waals surface area contributed by atoms with Gasteiger partial charge in [0.2, 0.25) is 0 Å². The standard InChI is InChI=1S/C19H23ClN2O2/c1-3-15-9-6-8-14(2)18(15)22-19(23)21-12-7-13-24-17-11-5-4-10-16(17)20/h4-6,8-11H,3,7,12-13H2,1-2H3,(H2,21,22,23). The molecule has 2 N–H and O–H groups in total. The zero-order chi connectivity index (χ0) is 17.4. The van der Waals surface area contributed by atoms with Gasteiger partial charge in [-0.2, -0.15) is 0 Å². The van der Waals surface area contributed by atoms with Gasteiger partial charge in [0.15, 0.2) is 0 Å². The Morgan fingerprint density at radius 1 is 1.17 bits per heavy atom. The van der Waals surface area contributed by atoms with Gasteiger partial charge in [0.1, 0.15) is 5.75 Å². The summed E-state index contributed by atoms with van der Waals surface area (Å²) in [5, 5.41) is 6.38. The molecule has 0 radical (unpaired) electrons. The number of anilines is 1. The monoisotopic (exact) mass is 346 g/mol. The van der Waals surface area contributed by atoms with Crippen LogP contribution in [0.4, 0.5) is 10.5 Å². The summed E-state index contributed by atoms with van der Waals surface area (Å²) < 4.78 is 5.59. The molecule has 24 heavy (non-hydrogen) atoms. The highest BCUT2D eigenvalue weighted by molar-refractivity contribution is 6.32. The van der Waals surface area contributed by atoms with Crippen molar-refractivity contribution in [3.05, 3.63) is 58.6 Å². The molecule has 0 saturated heterocycles. The van der Waals surface area contributed by atoms with Gasteiger partial charge in [-0.25, -0.2) is 4.79 Å². The molecule has 0 fully saturated rings. The Morgan fingerprint density at radius 3 is 2.71 bits per heavy atom. The van der Waals surface area contributed by atoms with E-state index in [9.17, 15) is 4.79 Å². The van der Waals surface area contributed by atoms with E-state index in [4.69, 9.17) is 16.3 Å². The molecule has 0 aliphatic carbocycles. The molecule has 2 rings (SSSR count). The van der Waals surface area contributed by atoms with E-state index in [0.717, 1.165) is 23.2 Å². The first-order chi connectivity index (χ1) is 11.6. The zero-order valence-electron chi connectivity index (χ0n) is 14.1. The van der Waals surface area contributed by atoms with E-state index in [1.807, 2.05) is 43.3 Å². The molecule has 0 unspecified atom stereocenters. The summed E-state index contributed by atoms with van der Waals surface area (Å²) in [5.74, 6) is 0.663. The molecule has 0 saturated carbocycles. The van der Waals surface area contributed by atoms with Gasteiger partial charge in [-0.15, -0.1) is 0 Å². The van der Waals surface area contributed by atoms with Crippen LogP contribution in [0.25, 0.3) is 0 Å². The van der Waals surface area contributed by atoms with Crippen LogP contribution in [0, 0.1) is 6.92 Å². The van der Waals surface area contributed by atoms with Gasteiger partial charge in [-0.05, 0) is 43.0 Å². The highest BCUT2D eigenvalue weighted by atomic mass is 35.5. The number of halogens is 1. The fourth-order valence-electron chi connectivity index (χ4n) is 2.38. The first-order valence-corrected chi connectivity index (χ1v) is 8.50. The lowest BCUT2D eigenvalue weighted by Gasteiger charge is -2.14. The number of para-hydroxylation sites is 2. The number of amides is 2. The summed E-state index contributed by atoms with van der Waals surface area (Å²) >= 11 is 6.02. The van der Waals surface area contributed by atoms with Crippen molar-refractivity contribution in [1.82, 2.24) is 5.32 Å². The summed E-state index contributed by atoms with van der Waals surface area (Å²) in [6.45, 7) is 5.09. The number of rotatable bonds is 7. The fourth-order valence-corrected chi connectivity index (χ4v) is 2.57. The van der Waals surface area contributed by atoms with Crippen molar-refractivity contribution < 1.29 is 9.53 Å². The molecule has 0 heterocycles. The number of carbonyl (C=O) groups excluding carboxylic acids is 1. The van der Waals surface area contributed by atoms with Crippen molar-refractivity contribution in [3.63, 3.8) is 0 Å². The first kappa shape index (κ1) is 18.1. The number of hydrogen-bond acceptors (Lipinski definition) is 2. The minimum absolute atomic E-state index is 0.197. The lowest BCUT2D eigenvalue weighted by Crippen LogP contribution is -2.30. The van der Waals surface area contributed by atoms with Gasteiger partial charge >= 0.3 is 6.03 Å². The predicted octanol–water partition coefficient (Wildman–Crippen LogP) is 4.80. The van der Waals surface area contributed by atoms with Gasteiger partial charge in [0.05, 0.1) is 11.6 Å². The van der Waals surface area contributed by atoms with Gasteiger partial charge in [-0.3, -0.25) is 0 Å². The van der Waals surface area contributed by atoms with Gasteiger partial charge < -0.3 is 15.4 Å². The predicted molar refractivity (Wildman–Crippen MR) is 99.1 cm³/mol. The van der Waals surface area contributed by atoms with Crippen LogP contribution in [0.1, 0.15) is 24.5 Å². The lowest BCUT2D eigenvalue weighted by atomic mass is 10.1. The maximum absolute atomic E-state index is 12.0. The molecule has 0 atom stereocenters. The average Bonchev–Trinajstić information content (AvgIpc) is 2.58. The Bertz CT molecular complexity index is 689. The third kappa shape index (κ3) is 5.17. The van der Waals surface area contributed by atoms with Crippen molar-refractivity contribution in [2.75, 3.05) is 18.5 Å². The molecule has 0 aliphatic rings. The summed E-state index contributed by atoms with van der Waals surface area (Å²) in [6, 6.07) is 13.2. The molecule has 5 heteroatoms. The van der Waals surface area contributed by atoms with Crippen LogP contribution >= 0.6 is 11.6 Å². The van der Waals surface area contributed by atoms with Crippen molar-refractivity contribution in [1.29, 1.82) is 0 Å². The number of urea groups is 1. The van der Waals surface area contributed by atoms with Gasteiger partial charge in [-0.1, -0.05) is 48.9 Å².